The fourth-order valence-corrected chi connectivity index (χ4v) is 4.06. The van der Waals surface area contributed by atoms with E-state index in [4.69, 9.17) is 5.73 Å². The van der Waals surface area contributed by atoms with E-state index in [-0.39, 0.29) is 11.9 Å². The van der Waals surface area contributed by atoms with Crippen LogP contribution in [0.4, 0.5) is 14.5 Å². The van der Waals surface area contributed by atoms with E-state index in [0.29, 0.717) is 41.4 Å². The van der Waals surface area contributed by atoms with Crippen LogP contribution in [-0.2, 0) is 0 Å². The minimum atomic E-state index is -0.673. The van der Waals surface area contributed by atoms with E-state index in [9.17, 15) is 13.6 Å². The minimum Gasteiger partial charge on any atom is -0.368 e. The molecule has 3 N–H and O–H groups in total. The normalized spacial score (nSPS) is 22.6. The van der Waals surface area contributed by atoms with Crippen LogP contribution in [-0.4, -0.2) is 35.6 Å². The van der Waals surface area contributed by atoms with Gasteiger partial charge >= 0.3 is 0 Å². The fraction of sp³-hybridized carbons (Fsp3) is 0.455. The second-order valence-electron chi connectivity index (χ2n) is 8.67. The van der Waals surface area contributed by atoms with Gasteiger partial charge in [-0.3, -0.25) is 9.78 Å². The Kier molecular flexibility index (Phi) is 5.02. The molecule has 2 heterocycles. The van der Waals surface area contributed by atoms with Crippen molar-refractivity contribution in [2.45, 2.75) is 44.7 Å². The lowest BCUT2D eigenvalue weighted by Gasteiger charge is -2.27. The Morgan fingerprint density at radius 1 is 1.28 bits per heavy atom. The van der Waals surface area contributed by atoms with Crippen LogP contribution in [0.3, 0.4) is 0 Å². The molecule has 1 aromatic heterocycles. The molecule has 1 saturated carbocycles. The number of amides is 1. The smallest absolute Gasteiger partial charge is 0.255 e. The predicted molar refractivity (Wildman–Crippen MR) is 109 cm³/mol. The molecule has 29 heavy (non-hydrogen) atoms. The van der Waals surface area contributed by atoms with Crippen LogP contribution in [0.2, 0.25) is 0 Å². The molecular formula is C22H26F2N4O. The van der Waals surface area contributed by atoms with Gasteiger partial charge in [-0.05, 0) is 56.7 Å². The van der Waals surface area contributed by atoms with Gasteiger partial charge in [0.1, 0.15) is 11.6 Å². The van der Waals surface area contributed by atoms with Gasteiger partial charge in [0.25, 0.3) is 5.91 Å². The Morgan fingerprint density at radius 2 is 1.97 bits per heavy atom. The monoisotopic (exact) mass is 400 g/mol. The maximum Gasteiger partial charge on any atom is 0.255 e. The average Bonchev–Trinajstić information content (AvgIpc) is 3.43. The third-order valence-corrected chi connectivity index (χ3v) is 5.84. The number of hydrogen-bond acceptors (Lipinski definition) is 4. The summed E-state index contributed by atoms with van der Waals surface area (Å²) < 4.78 is 27.8. The molecular weight excluding hydrogens is 374 g/mol. The summed E-state index contributed by atoms with van der Waals surface area (Å²) in [5.41, 5.74) is 7.81. The lowest BCUT2D eigenvalue weighted by molar-refractivity contribution is 0.0936. The van der Waals surface area contributed by atoms with Crippen LogP contribution in [0.25, 0.3) is 11.1 Å². The number of halogens is 2. The highest BCUT2D eigenvalue weighted by molar-refractivity contribution is 6.03. The predicted octanol–water partition coefficient (Wildman–Crippen LogP) is 3.48. The number of anilines is 1. The van der Waals surface area contributed by atoms with Gasteiger partial charge in [0, 0.05) is 48.7 Å². The van der Waals surface area contributed by atoms with E-state index in [0.717, 1.165) is 25.3 Å². The lowest BCUT2D eigenvalue weighted by atomic mass is 10.0. The first-order valence-electron chi connectivity index (χ1n) is 10.0. The molecule has 1 aliphatic carbocycles. The van der Waals surface area contributed by atoms with Crippen LogP contribution >= 0.6 is 0 Å². The van der Waals surface area contributed by atoms with E-state index >= 15 is 0 Å². The molecule has 0 bridgehead atoms. The summed E-state index contributed by atoms with van der Waals surface area (Å²) in [6.45, 7) is 5.16. The summed E-state index contributed by atoms with van der Waals surface area (Å²) in [7, 11) is 0. The zero-order valence-electron chi connectivity index (χ0n) is 16.7. The van der Waals surface area contributed by atoms with Gasteiger partial charge in [0.15, 0.2) is 0 Å². The van der Waals surface area contributed by atoms with Crippen molar-refractivity contribution in [3.05, 3.63) is 47.8 Å². The van der Waals surface area contributed by atoms with Crippen molar-refractivity contribution >= 4 is 11.6 Å². The first kappa shape index (κ1) is 19.8. The van der Waals surface area contributed by atoms with E-state index in [1.807, 2.05) is 18.7 Å². The molecule has 5 nitrogen and oxygen atoms in total. The number of nitrogens with one attached hydrogen (secondary N) is 1. The summed E-state index contributed by atoms with van der Waals surface area (Å²) in [5.74, 6) is -1.06. The Morgan fingerprint density at radius 3 is 2.55 bits per heavy atom. The number of benzene rings is 1. The maximum absolute atomic E-state index is 13.9. The minimum absolute atomic E-state index is 0.0731. The molecule has 1 aromatic carbocycles. The van der Waals surface area contributed by atoms with Crippen LogP contribution in [0, 0.1) is 17.6 Å². The molecule has 1 amide bonds. The number of hydrogen-bond donors (Lipinski definition) is 2. The van der Waals surface area contributed by atoms with Crippen molar-refractivity contribution in [1.29, 1.82) is 0 Å². The number of rotatable bonds is 5. The molecule has 0 spiro atoms. The van der Waals surface area contributed by atoms with Crippen molar-refractivity contribution in [3.63, 3.8) is 0 Å². The zero-order chi connectivity index (χ0) is 20.8. The van der Waals surface area contributed by atoms with Crippen LogP contribution in [0.5, 0.6) is 0 Å². The molecule has 7 heteroatoms. The third kappa shape index (κ3) is 4.24. The lowest BCUT2D eigenvalue weighted by Crippen LogP contribution is -2.40. The standard InChI is InChI=1S/C22H26F2N4O/c1-13(14-3-4-14)27-21(29)19-11-26-10-18(15-7-16(23)9-17(24)8-15)20(19)28-6-5-22(2,25)12-28/h7-11,13-14H,3-6,12,25H2,1-2H3,(H,27,29)/t13-,22+/m1/s1. The Labute approximate surface area is 169 Å². The van der Waals surface area contributed by atoms with Gasteiger partial charge in [0.05, 0.1) is 11.3 Å². The summed E-state index contributed by atoms with van der Waals surface area (Å²) in [6.07, 6.45) is 6.07. The summed E-state index contributed by atoms with van der Waals surface area (Å²) in [6, 6.07) is 3.42. The number of pyridine rings is 1. The van der Waals surface area contributed by atoms with Crippen LogP contribution in [0.15, 0.2) is 30.6 Å². The van der Waals surface area contributed by atoms with Crippen molar-refractivity contribution in [2.75, 3.05) is 18.0 Å². The highest BCUT2D eigenvalue weighted by Crippen LogP contribution is 2.38. The summed E-state index contributed by atoms with van der Waals surface area (Å²) in [4.78, 5) is 19.3. The van der Waals surface area contributed by atoms with Gasteiger partial charge < -0.3 is 16.0 Å². The summed E-state index contributed by atoms with van der Waals surface area (Å²) in [5, 5.41) is 3.06. The first-order chi connectivity index (χ1) is 13.7. The van der Waals surface area contributed by atoms with Gasteiger partial charge in [0.2, 0.25) is 0 Å². The summed E-state index contributed by atoms with van der Waals surface area (Å²) >= 11 is 0. The van der Waals surface area contributed by atoms with E-state index in [1.54, 1.807) is 6.20 Å². The van der Waals surface area contributed by atoms with Gasteiger partial charge in [-0.2, -0.15) is 0 Å². The van der Waals surface area contributed by atoms with Gasteiger partial charge in [-0.25, -0.2) is 8.78 Å². The molecule has 2 atom stereocenters. The van der Waals surface area contributed by atoms with Gasteiger partial charge in [-0.1, -0.05) is 0 Å². The van der Waals surface area contributed by atoms with E-state index in [1.165, 1.54) is 18.3 Å². The van der Waals surface area contributed by atoms with Crippen molar-refractivity contribution in [2.24, 2.45) is 11.7 Å². The number of nitrogens with two attached hydrogens (primary N) is 1. The third-order valence-electron chi connectivity index (χ3n) is 5.84. The first-order valence-corrected chi connectivity index (χ1v) is 10.0. The van der Waals surface area contributed by atoms with Crippen molar-refractivity contribution < 1.29 is 13.6 Å². The van der Waals surface area contributed by atoms with E-state index < -0.39 is 17.2 Å². The fourth-order valence-electron chi connectivity index (χ4n) is 4.06. The molecule has 2 aliphatic rings. The molecule has 0 unspecified atom stereocenters. The topological polar surface area (TPSA) is 71.2 Å². The molecule has 2 fully saturated rings. The highest BCUT2D eigenvalue weighted by atomic mass is 19.1. The Hall–Kier alpha value is -2.54. The van der Waals surface area contributed by atoms with Crippen LogP contribution in [0.1, 0.15) is 43.5 Å². The van der Waals surface area contributed by atoms with Crippen LogP contribution < -0.4 is 16.0 Å². The molecule has 1 aliphatic heterocycles. The molecule has 4 rings (SSSR count). The van der Waals surface area contributed by atoms with Crippen molar-refractivity contribution in [3.8, 4) is 11.1 Å². The maximum atomic E-state index is 13.9. The van der Waals surface area contributed by atoms with Crippen molar-refractivity contribution in [1.82, 2.24) is 10.3 Å². The second kappa shape index (κ2) is 7.37. The quantitative estimate of drug-likeness (QED) is 0.806. The molecule has 1 saturated heterocycles. The Bertz CT molecular complexity index is 922. The number of carbonyl (C=O) groups is 1. The molecule has 154 valence electrons. The number of nitrogens with zero attached hydrogens (tertiary/aromatic N) is 2. The molecule has 0 radical (unpaired) electrons. The molecule has 2 aromatic rings. The largest absolute Gasteiger partial charge is 0.368 e. The zero-order valence-corrected chi connectivity index (χ0v) is 16.7. The van der Waals surface area contributed by atoms with Gasteiger partial charge in [-0.15, -0.1) is 0 Å². The number of aromatic nitrogens is 1. The number of carbonyl (C=O) groups excluding carboxylic acids is 1. The average molecular weight is 400 g/mol. The SMILES string of the molecule is C[C@@H](NC(=O)c1cncc(-c2cc(F)cc(F)c2)c1N1CC[C@](C)(N)C1)C1CC1. The second-order valence-corrected chi connectivity index (χ2v) is 8.67. The van der Waals surface area contributed by atoms with E-state index in [2.05, 4.69) is 10.3 Å². The highest BCUT2D eigenvalue weighted by Gasteiger charge is 2.35. The Balaban J connectivity index is 1.79.